The summed E-state index contributed by atoms with van der Waals surface area (Å²) in [6, 6.07) is 28.5. The van der Waals surface area contributed by atoms with Gasteiger partial charge in [0.15, 0.2) is 0 Å². The number of hydrogen-bond acceptors (Lipinski definition) is 14. The number of phenols is 7. The maximum absolute atomic E-state index is 12.4. The van der Waals surface area contributed by atoms with Crippen molar-refractivity contribution in [3.05, 3.63) is 159 Å². The number of aromatic hydroxyl groups is 7. The molecule has 0 aromatic heterocycles. The minimum Gasteiger partial charge on any atom is -0.508 e. The summed E-state index contributed by atoms with van der Waals surface area (Å²) in [5, 5.41) is 120. The molecule has 6 aromatic rings. The first-order valence-electron chi connectivity index (χ1n) is 20.1. The lowest BCUT2D eigenvalue weighted by atomic mass is 9.69. The quantitative estimate of drug-likeness (QED) is 0.0986. The van der Waals surface area contributed by atoms with Gasteiger partial charge in [0.2, 0.25) is 6.29 Å². The second-order valence-corrected chi connectivity index (χ2v) is 16.5. The van der Waals surface area contributed by atoms with Crippen LogP contribution in [0.2, 0.25) is 0 Å². The normalized spacial score (nSPS) is 28.1. The van der Waals surface area contributed by atoms with E-state index in [1.54, 1.807) is 60.7 Å². The van der Waals surface area contributed by atoms with E-state index < -0.39 is 73.0 Å². The summed E-state index contributed by atoms with van der Waals surface area (Å²) in [5.74, 6) is -4.07. The Morgan fingerprint density at radius 3 is 1.69 bits per heavy atom. The SMILES string of the molecule is OC[C@H]1O[C@@H](Oc2cc(O)cc([C@H]3c4c(O)cc5c6c4[C@H]([C@H](c4ccc(O)cc4)c4c(O)cc(O)cc4[C@@H]6[C@@H](c4ccc(O)cc4)O5)[C@@H]3c3ccc(O)cc3)c2)[C@H](O)[C@@H](O)[C@@H]1O. The molecule has 62 heavy (non-hydrogen) atoms. The van der Waals surface area contributed by atoms with E-state index in [9.17, 15) is 56.2 Å². The Balaban J connectivity index is 1.25. The first-order chi connectivity index (χ1) is 29.8. The maximum atomic E-state index is 12.4. The molecule has 2 heterocycles. The van der Waals surface area contributed by atoms with Gasteiger partial charge in [0.25, 0.3) is 0 Å². The van der Waals surface area contributed by atoms with Gasteiger partial charge in [0.1, 0.15) is 82.3 Å². The van der Waals surface area contributed by atoms with Crippen molar-refractivity contribution in [1.82, 2.24) is 0 Å². The molecule has 0 bridgehead atoms. The van der Waals surface area contributed by atoms with Crippen LogP contribution in [0.3, 0.4) is 0 Å². The molecule has 4 aliphatic rings. The fraction of sp³-hybridized carbons (Fsp3) is 0.250. The first kappa shape index (κ1) is 39.5. The van der Waals surface area contributed by atoms with Crippen LogP contribution in [0.25, 0.3) is 0 Å². The zero-order chi connectivity index (χ0) is 43.3. The van der Waals surface area contributed by atoms with E-state index in [0.29, 0.717) is 55.8 Å². The van der Waals surface area contributed by atoms with E-state index in [4.69, 9.17) is 14.2 Å². The van der Waals surface area contributed by atoms with Crippen molar-refractivity contribution in [2.24, 2.45) is 0 Å². The first-order valence-corrected chi connectivity index (χ1v) is 20.1. The van der Waals surface area contributed by atoms with Crippen molar-refractivity contribution in [3.8, 4) is 51.7 Å². The van der Waals surface area contributed by atoms with E-state index in [1.807, 2.05) is 0 Å². The van der Waals surface area contributed by atoms with Gasteiger partial charge in [-0.05, 0) is 88.0 Å². The molecule has 11 atom stereocenters. The molecule has 318 valence electrons. The number of benzene rings is 6. The highest BCUT2D eigenvalue weighted by atomic mass is 16.7. The molecule has 0 unspecified atom stereocenters. The lowest BCUT2D eigenvalue weighted by molar-refractivity contribution is -0.277. The number of phenolic OH excluding ortho intramolecular Hbond substituents is 7. The molecular weight excluding hydrogens is 801 g/mol. The molecule has 11 N–H and O–H groups in total. The zero-order valence-electron chi connectivity index (χ0n) is 32.6. The van der Waals surface area contributed by atoms with Crippen molar-refractivity contribution in [2.75, 3.05) is 6.61 Å². The number of aliphatic hydroxyl groups excluding tert-OH is 4. The number of rotatable bonds is 7. The van der Waals surface area contributed by atoms with Gasteiger partial charge >= 0.3 is 0 Å². The Morgan fingerprint density at radius 2 is 1.05 bits per heavy atom. The van der Waals surface area contributed by atoms with E-state index >= 15 is 0 Å². The number of ether oxygens (including phenoxy) is 3. The Kier molecular flexibility index (Phi) is 9.39. The molecule has 2 aliphatic heterocycles. The molecule has 14 nitrogen and oxygen atoms in total. The second kappa shape index (κ2) is 14.8. The van der Waals surface area contributed by atoms with Gasteiger partial charge in [-0.1, -0.05) is 36.4 Å². The Hall–Kier alpha value is -6.68. The second-order valence-electron chi connectivity index (χ2n) is 16.5. The topological polar surface area (TPSA) is 250 Å². The Bertz CT molecular complexity index is 2680. The van der Waals surface area contributed by atoms with Crippen molar-refractivity contribution < 1.29 is 70.4 Å². The molecule has 0 spiro atoms. The average Bonchev–Trinajstić information content (AvgIpc) is 3.76. The van der Waals surface area contributed by atoms with Crippen LogP contribution in [0.4, 0.5) is 0 Å². The third kappa shape index (κ3) is 6.21. The van der Waals surface area contributed by atoms with Crippen LogP contribution >= 0.6 is 0 Å². The van der Waals surface area contributed by atoms with Crippen LogP contribution in [0, 0.1) is 0 Å². The number of hydrogen-bond donors (Lipinski definition) is 11. The highest BCUT2D eigenvalue weighted by Crippen LogP contribution is 2.70. The minimum absolute atomic E-state index is 0.00302. The van der Waals surface area contributed by atoms with Crippen molar-refractivity contribution in [1.29, 1.82) is 0 Å². The van der Waals surface area contributed by atoms with Crippen LogP contribution in [0.15, 0.2) is 109 Å². The van der Waals surface area contributed by atoms with Crippen molar-refractivity contribution in [3.63, 3.8) is 0 Å². The third-order valence-corrected chi connectivity index (χ3v) is 13.0. The van der Waals surface area contributed by atoms with Crippen LogP contribution in [0.1, 0.15) is 85.8 Å². The van der Waals surface area contributed by atoms with E-state index in [-0.39, 0.29) is 46.0 Å². The van der Waals surface area contributed by atoms with Crippen LogP contribution in [-0.4, -0.2) is 93.5 Å². The van der Waals surface area contributed by atoms with Gasteiger partial charge in [0, 0.05) is 58.6 Å². The predicted octanol–water partition coefficient (Wildman–Crippen LogP) is 5.23. The Labute approximate surface area is 353 Å². The lowest BCUT2D eigenvalue weighted by Crippen LogP contribution is -2.60. The minimum atomic E-state index is -1.75. The maximum Gasteiger partial charge on any atom is 0.229 e. The molecule has 0 radical (unpaired) electrons. The van der Waals surface area contributed by atoms with Gasteiger partial charge in [-0.25, -0.2) is 0 Å². The van der Waals surface area contributed by atoms with Crippen molar-refractivity contribution >= 4 is 0 Å². The molecular formula is C48H42O14. The summed E-state index contributed by atoms with van der Waals surface area (Å²) in [6.07, 6.45) is -8.73. The molecule has 0 amide bonds. The highest BCUT2D eigenvalue weighted by molar-refractivity contribution is 5.72. The summed E-state index contributed by atoms with van der Waals surface area (Å²) in [4.78, 5) is 0. The van der Waals surface area contributed by atoms with Gasteiger partial charge in [0.05, 0.1) is 12.5 Å². The van der Waals surface area contributed by atoms with Crippen LogP contribution < -0.4 is 9.47 Å². The molecule has 14 heteroatoms. The summed E-state index contributed by atoms with van der Waals surface area (Å²) >= 11 is 0. The zero-order valence-corrected chi connectivity index (χ0v) is 32.6. The molecule has 1 fully saturated rings. The Morgan fingerprint density at radius 1 is 0.468 bits per heavy atom. The van der Waals surface area contributed by atoms with Crippen LogP contribution in [0.5, 0.6) is 51.7 Å². The number of aliphatic hydroxyl groups is 4. The molecule has 1 saturated heterocycles. The highest BCUT2D eigenvalue weighted by Gasteiger charge is 2.56. The summed E-state index contributed by atoms with van der Waals surface area (Å²) < 4.78 is 18.4. The molecule has 2 aliphatic carbocycles. The van der Waals surface area contributed by atoms with Gasteiger partial charge in [-0.2, -0.15) is 0 Å². The largest absolute Gasteiger partial charge is 0.508 e. The standard InChI is InChI=1S/C48H42O14/c49-19-34-44(57)45(58)46(59)48(62-34)60-29-14-23(13-27(53)15-29)37-35(20-1-7-24(50)8-2-20)42-36(21-3-9-25(51)10-4-21)38-30(16-28(54)17-31(38)55)39-41-33(18-32(56)40(37)43(41)42)61-47(39)22-5-11-26(52)12-6-22/h1-18,34-37,39,42,44-59H,19H2/t34-,35-,36-,37-,39+,42+,44-,45+,46-,47-,48-/m1/s1. The van der Waals surface area contributed by atoms with Crippen LogP contribution in [-0.2, 0) is 4.74 Å². The third-order valence-electron chi connectivity index (χ3n) is 13.0. The number of fused-ring (bicyclic) bond motifs is 2. The van der Waals surface area contributed by atoms with Gasteiger partial charge in [-0.15, -0.1) is 0 Å². The van der Waals surface area contributed by atoms with Gasteiger partial charge in [-0.3, -0.25) is 0 Å². The van der Waals surface area contributed by atoms with E-state index in [2.05, 4.69) is 0 Å². The monoisotopic (exact) mass is 842 g/mol. The molecule has 0 saturated carbocycles. The summed E-state index contributed by atoms with van der Waals surface area (Å²) in [6.45, 7) is -0.687. The summed E-state index contributed by atoms with van der Waals surface area (Å²) in [5.41, 5.74) is 5.26. The molecule has 10 rings (SSSR count). The van der Waals surface area contributed by atoms with Gasteiger partial charge < -0.3 is 70.4 Å². The fourth-order valence-corrected chi connectivity index (χ4v) is 10.4. The smallest absolute Gasteiger partial charge is 0.229 e. The van der Waals surface area contributed by atoms with E-state index in [0.717, 1.165) is 0 Å². The molecule has 6 aromatic carbocycles. The average molecular weight is 843 g/mol. The fourth-order valence-electron chi connectivity index (χ4n) is 10.4. The predicted molar refractivity (Wildman–Crippen MR) is 219 cm³/mol. The summed E-state index contributed by atoms with van der Waals surface area (Å²) in [7, 11) is 0. The van der Waals surface area contributed by atoms with E-state index in [1.165, 1.54) is 48.5 Å². The lowest BCUT2D eigenvalue weighted by Gasteiger charge is -2.39. The van der Waals surface area contributed by atoms with Crippen molar-refractivity contribution in [2.45, 2.75) is 66.4 Å².